The Morgan fingerprint density at radius 1 is 0.516 bits per heavy atom. The fraction of sp³-hybridized carbons (Fsp3) is 0.0370. The van der Waals surface area contributed by atoms with Crippen LogP contribution in [0.15, 0.2) is 115 Å². The minimum Gasteiger partial charge on any atom is -1.00 e. The largest absolute Gasteiger partial charge is 1.00 e. The van der Waals surface area contributed by atoms with Crippen molar-refractivity contribution in [1.29, 1.82) is 0 Å². The van der Waals surface area contributed by atoms with Crippen LogP contribution in [0.1, 0.15) is 5.69 Å². The normalized spacial score (nSPS) is 11.1. The lowest BCUT2D eigenvalue weighted by Crippen LogP contribution is -3.00. The van der Waals surface area contributed by atoms with Crippen molar-refractivity contribution in [1.82, 2.24) is 9.97 Å². The molecule has 4 aromatic carbocycles. The molecule has 2 nitrogen and oxygen atoms in total. The maximum Gasteiger partial charge on any atom is 0.293 e. The van der Waals surface area contributed by atoms with Crippen molar-refractivity contribution in [3.63, 3.8) is 0 Å². The van der Waals surface area contributed by atoms with E-state index in [-0.39, 0.29) is 17.0 Å². The molecule has 1 aromatic heterocycles. The minimum atomic E-state index is -2.26. The van der Waals surface area contributed by atoms with Crippen molar-refractivity contribution >= 4 is 39.6 Å². The average molecular weight is 485 g/mol. The number of hydrogen-bond acceptors (Lipinski definition) is 2. The highest BCUT2D eigenvalue weighted by Gasteiger charge is 2.51. The molecule has 0 aliphatic heterocycles. The number of aromatic nitrogens is 2. The van der Waals surface area contributed by atoms with Crippen molar-refractivity contribution < 1.29 is 17.0 Å². The van der Waals surface area contributed by atoms with Crippen molar-refractivity contribution in [2.45, 2.75) is 6.92 Å². The van der Waals surface area contributed by atoms with Crippen molar-refractivity contribution in [2.75, 3.05) is 0 Å². The molecule has 0 bridgehead atoms. The van der Waals surface area contributed by atoms with Gasteiger partial charge in [-0.15, -0.1) is 0 Å². The predicted octanol–water partition coefficient (Wildman–Crippen LogP) is 1.56. The second kappa shape index (κ2) is 9.09. The van der Waals surface area contributed by atoms with Gasteiger partial charge < -0.3 is 17.0 Å². The van der Waals surface area contributed by atoms with Crippen molar-refractivity contribution in [3.05, 3.63) is 121 Å². The number of aryl methyl sites for hydroxylation is 1. The standard InChI is InChI=1S/C27H22N2P.BrH/c1-21-25-19-11-12-20-26(25)29-27(28-21)30(22-13-5-2-6-14-22,23-15-7-3-8-16-23)24-17-9-4-10-18-24;/h2-20H,1H3;1H/q+1;/p-1. The average Bonchev–Trinajstić information content (AvgIpc) is 2.82. The van der Waals surface area contributed by atoms with Gasteiger partial charge >= 0.3 is 0 Å². The van der Waals surface area contributed by atoms with Crippen LogP contribution in [0.25, 0.3) is 10.9 Å². The van der Waals surface area contributed by atoms with Crippen LogP contribution >= 0.6 is 7.26 Å². The number of benzene rings is 4. The van der Waals surface area contributed by atoms with E-state index >= 15 is 0 Å². The molecule has 0 N–H and O–H groups in total. The van der Waals surface area contributed by atoms with E-state index in [1.807, 2.05) is 12.1 Å². The van der Waals surface area contributed by atoms with Crippen molar-refractivity contribution in [3.8, 4) is 0 Å². The van der Waals surface area contributed by atoms with Crippen LogP contribution in [0.4, 0.5) is 0 Å². The summed E-state index contributed by atoms with van der Waals surface area (Å²) in [4.78, 5) is 10.3. The molecular formula is C27H22BrN2P. The highest BCUT2D eigenvalue weighted by Crippen LogP contribution is 2.53. The first kappa shape index (κ1) is 21.4. The van der Waals surface area contributed by atoms with Gasteiger partial charge in [-0.2, -0.15) is 9.97 Å². The molecule has 0 amide bonds. The van der Waals surface area contributed by atoms with E-state index in [4.69, 9.17) is 9.97 Å². The molecule has 4 heteroatoms. The molecule has 0 spiro atoms. The Balaban J connectivity index is 0.00000231. The second-order valence-corrected chi connectivity index (χ2v) is 10.6. The number of para-hydroxylation sites is 1. The molecule has 0 aliphatic rings. The zero-order valence-electron chi connectivity index (χ0n) is 17.2. The van der Waals surface area contributed by atoms with Crippen LogP contribution in [0.5, 0.6) is 0 Å². The quantitative estimate of drug-likeness (QED) is 0.362. The summed E-state index contributed by atoms with van der Waals surface area (Å²) in [7, 11) is -2.26. The molecule has 0 unspecified atom stereocenters. The molecule has 0 saturated carbocycles. The van der Waals surface area contributed by atoms with Crippen molar-refractivity contribution in [2.24, 2.45) is 0 Å². The summed E-state index contributed by atoms with van der Waals surface area (Å²) >= 11 is 0. The lowest BCUT2D eigenvalue weighted by Gasteiger charge is -2.25. The van der Waals surface area contributed by atoms with Gasteiger partial charge in [0.2, 0.25) is 0 Å². The Kier molecular flexibility index (Phi) is 6.27. The van der Waals surface area contributed by atoms with Gasteiger partial charge in [-0.05, 0) is 49.4 Å². The predicted molar refractivity (Wildman–Crippen MR) is 129 cm³/mol. The van der Waals surface area contributed by atoms with Crippen LogP contribution in [-0.4, -0.2) is 9.97 Å². The number of rotatable bonds is 4. The third-order valence-corrected chi connectivity index (χ3v) is 9.53. The molecule has 31 heavy (non-hydrogen) atoms. The van der Waals surface area contributed by atoms with Gasteiger partial charge in [-0.25, -0.2) is 0 Å². The van der Waals surface area contributed by atoms with Crippen LogP contribution in [0, 0.1) is 6.92 Å². The van der Waals surface area contributed by atoms with E-state index < -0.39 is 7.26 Å². The number of fused-ring (bicyclic) bond motifs is 1. The van der Waals surface area contributed by atoms with Gasteiger partial charge in [0.05, 0.1) is 11.2 Å². The van der Waals surface area contributed by atoms with E-state index in [1.54, 1.807) is 0 Å². The van der Waals surface area contributed by atoms with Crippen LogP contribution < -0.4 is 38.5 Å². The van der Waals surface area contributed by atoms with Gasteiger partial charge in [-0.1, -0.05) is 72.8 Å². The first-order chi connectivity index (χ1) is 14.8. The van der Waals surface area contributed by atoms with E-state index in [2.05, 4.69) is 110 Å². The summed E-state index contributed by atoms with van der Waals surface area (Å²) in [6.07, 6.45) is 0. The summed E-state index contributed by atoms with van der Waals surface area (Å²) in [5.74, 6) is 0. The van der Waals surface area contributed by atoms with Gasteiger partial charge in [0, 0.05) is 5.39 Å². The van der Waals surface area contributed by atoms with E-state index in [1.165, 1.54) is 15.9 Å². The number of halogens is 1. The first-order valence-corrected chi connectivity index (χ1v) is 11.9. The van der Waals surface area contributed by atoms with Gasteiger partial charge in [0.15, 0.2) is 7.26 Å². The summed E-state index contributed by atoms with van der Waals surface area (Å²) in [6, 6.07) is 40.5. The molecule has 0 atom stereocenters. The minimum absolute atomic E-state index is 0. The van der Waals surface area contributed by atoms with Gasteiger partial charge in [-0.3, -0.25) is 0 Å². The zero-order valence-corrected chi connectivity index (χ0v) is 19.7. The second-order valence-electron chi connectivity index (χ2n) is 7.30. The third kappa shape index (κ3) is 3.69. The van der Waals surface area contributed by atoms with E-state index in [0.29, 0.717) is 0 Å². The number of nitrogens with zero attached hydrogens (tertiary/aromatic N) is 2. The Bertz CT molecular complexity index is 1200. The smallest absolute Gasteiger partial charge is 0.293 e. The zero-order chi connectivity index (χ0) is 20.4. The molecule has 1 heterocycles. The van der Waals surface area contributed by atoms with Gasteiger partial charge in [0.25, 0.3) is 5.57 Å². The Labute approximate surface area is 194 Å². The lowest BCUT2D eigenvalue weighted by atomic mass is 10.2. The fourth-order valence-electron chi connectivity index (χ4n) is 4.12. The van der Waals surface area contributed by atoms with Crippen LogP contribution in [0.3, 0.4) is 0 Å². The molecule has 0 saturated heterocycles. The van der Waals surface area contributed by atoms with Crippen LogP contribution in [0.2, 0.25) is 0 Å². The first-order valence-electron chi connectivity index (χ1n) is 10.1. The summed E-state index contributed by atoms with van der Waals surface area (Å²) in [6.45, 7) is 2.09. The molecule has 5 aromatic rings. The molecule has 5 rings (SSSR count). The fourth-order valence-corrected chi connectivity index (χ4v) is 8.12. The lowest BCUT2D eigenvalue weighted by molar-refractivity contribution is -0.00000594. The summed E-state index contributed by atoms with van der Waals surface area (Å²) < 4.78 is 0. The number of hydrogen-bond donors (Lipinski definition) is 0. The highest BCUT2D eigenvalue weighted by atomic mass is 79.9. The van der Waals surface area contributed by atoms with E-state index in [0.717, 1.165) is 22.2 Å². The van der Waals surface area contributed by atoms with E-state index in [9.17, 15) is 0 Å². The Hall–Kier alpha value is -2.87. The molecule has 0 aliphatic carbocycles. The highest BCUT2D eigenvalue weighted by molar-refractivity contribution is 8.01. The Morgan fingerprint density at radius 2 is 0.935 bits per heavy atom. The summed E-state index contributed by atoms with van der Waals surface area (Å²) in [5, 5.41) is 4.89. The topological polar surface area (TPSA) is 25.8 Å². The maximum absolute atomic E-state index is 5.18. The SMILES string of the molecule is Cc1nc([P+](c2ccccc2)(c2ccccc2)c2ccccc2)nc2ccccc12.[Br-]. The Morgan fingerprint density at radius 3 is 1.42 bits per heavy atom. The van der Waals surface area contributed by atoms with Crippen LogP contribution in [-0.2, 0) is 0 Å². The maximum atomic E-state index is 5.18. The monoisotopic (exact) mass is 484 g/mol. The molecule has 0 radical (unpaired) electrons. The third-order valence-electron chi connectivity index (χ3n) is 5.51. The summed E-state index contributed by atoms with van der Waals surface area (Å²) in [5.41, 5.74) is 2.91. The van der Waals surface area contributed by atoms with Gasteiger partial charge in [0.1, 0.15) is 15.9 Å². The molecular weight excluding hydrogens is 463 g/mol. The molecule has 0 fully saturated rings. The molecule has 152 valence electrons.